The Balaban J connectivity index is 1.51. The molecule has 0 aliphatic carbocycles. The van der Waals surface area contributed by atoms with Crippen molar-refractivity contribution in [2.24, 2.45) is 5.92 Å². The van der Waals surface area contributed by atoms with Crippen molar-refractivity contribution >= 4 is 39.7 Å². The lowest BCUT2D eigenvalue weighted by Crippen LogP contribution is -2.45. The Morgan fingerprint density at radius 2 is 1.97 bits per heavy atom. The summed E-state index contributed by atoms with van der Waals surface area (Å²) in [5.74, 6) is -0.462. The van der Waals surface area contributed by atoms with Crippen LogP contribution in [0.3, 0.4) is 0 Å². The highest BCUT2D eigenvalue weighted by Gasteiger charge is 2.36. The van der Waals surface area contributed by atoms with E-state index < -0.39 is 15.9 Å². The molecule has 1 aliphatic rings. The highest BCUT2D eigenvalue weighted by Crippen LogP contribution is 2.29. The highest BCUT2D eigenvalue weighted by molar-refractivity contribution is 7.89. The molecule has 0 radical (unpaired) electrons. The normalized spacial score (nSPS) is 16.9. The van der Waals surface area contributed by atoms with E-state index in [1.807, 2.05) is 56.3 Å². The number of carbonyl (C=O) groups is 1. The van der Waals surface area contributed by atoms with E-state index in [1.165, 1.54) is 4.31 Å². The van der Waals surface area contributed by atoms with Crippen molar-refractivity contribution in [2.45, 2.75) is 45.1 Å². The van der Waals surface area contributed by atoms with E-state index in [1.54, 1.807) is 19.1 Å². The summed E-state index contributed by atoms with van der Waals surface area (Å²) in [6, 6.07) is 13.4. The largest absolute Gasteiger partial charge is 0.355 e. The predicted molar refractivity (Wildman–Crippen MR) is 141 cm³/mol. The van der Waals surface area contributed by atoms with Crippen molar-refractivity contribution in [3.8, 4) is 0 Å². The van der Waals surface area contributed by atoms with Crippen molar-refractivity contribution in [3.05, 3.63) is 81.2 Å². The Bertz CT molecular complexity index is 1400. The maximum atomic E-state index is 13.7. The Kier molecular flexibility index (Phi) is 7.97. The molecule has 2 heterocycles. The minimum atomic E-state index is -3.92. The van der Waals surface area contributed by atoms with Gasteiger partial charge in [-0.15, -0.1) is 0 Å². The van der Waals surface area contributed by atoms with Gasteiger partial charge in [0.15, 0.2) is 10.7 Å². The number of nitrogens with zero attached hydrogens (tertiary/aromatic N) is 2. The van der Waals surface area contributed by atoms with Gasteiger partial charge in [-0.2, -0.15) is 4.31 Å². The first-order chi connectivity index (χ1) is 17.2. The fraction of sp³-hybridized carbons (Fsp3) is 0.333. The van der Waals surface area contributed by atoms with Crippen LogP contribution in [0.2, 0.25) is 5.02 Å². The number of aromatic nitrogens is 1. The predicted octanol–water partition coefficient (Wildman–Crippen LogP) is 5.14. The number of nitrogens with one attached hydrogen (secondary N) is 1. The molecular weight excluding hydrogens is 498 g/mol. The molecule has 190 valence electrons. The van der Waals surface area contributed by atoms with Crippen LogP contribution in [0, 0.1) is 26.7 Å². The molecule has 1 atom stereocenters. The fourth-order valence-electron chi connectivity index (χ4n) is 4.38. The van der Waals surface area contributed by atoms with Gasteiger partial charge >= 0.3 is 0 Å². The van der Waals surface area contributed by atoms with Crippen LogP contribution in [-0.4, -0.2) is 36.9 Å². The highest BCUT2D eigenvalue weighted by atomic mass is 35.5. The SMILES string of the molecule is Cc1ccc(C)c(/C=C/c2onc(C)c2S(=O)(=O)N2CCC[C@H](C(=O)NCc3ccccc3Cl)C2)c1. The van der Waals surface area contributed by atoms with Crippen molar-refractivity contribution in [1.29, 1.82) is 0 Å². The number of amides is 1. The Hall–Kier alpha value is -2.94. The van der Waals surface area contributed by atoms with Gasteiger partial charge < -0.3 is 9.84 Å². The summed E-state index contributed by atoms with van der Waals surface area (Å²) in [7, 11) is -3.92. The number of halogens is 1. The first-order valence-corrected chi connectivity index (χ1v) is 13.7. The van der Waals surface area contributed by atoms with E-state index in [2.05, 4.69) is 10.5 Å². The lowest BCUT2D eigenvalue weighted by Gasteiger charge is -2.31. The first-order valence-electron chi connectivity index (χ1n) is 11.9. The van der Waals surface area contributed by atoms with Crippen LogP contribution in [0.1, 0.15) is 46.5 Å². The number of sulfonamides is 1. The van der Waals surface area contributed by atoms with Crippen molar-refractivity contribution < 1.29 is 17.7 Å². The molecule has 0 spiro atoms. The minimum absolute atomic E-state index is 0.0428. The molecule has 1 saturated heterocycles. The molecular formula is C27H30ClN3O4S. The van der Waals surface area contributed by atoms with Gasteiger partial charge in [-0.05, 0) is 62.4 Å². The number of hydrogen-bond acceptors (Lipinski definition) is 5. The zero-order valence-electron chi connectivity index (χ0n) is 20.6. The molecule has 9 heteroatoms. The molecule has 0 saturated carbocycles. The van der Waals surface area contributed by atoms with E-state index in [0.29, 0.717) is 36.6 Å². The third-order valence-corrected chi connectivity index (χ3v) is 8.84. The van der Waals surface area contributed by atoms with Crippen LogP contribution in [0.5, 0.6) is 0 Å². The first kappa shape index (κ1) is 26.1. The summed E-state index contributed by atoms with van der Waals surface area (Å²) < 4.78 is 34.1. The standard InChI is InChI=1S/C27H30ClN3O4S/c1-18-10-11-19(2)21(15-18)12-13-25-26(20(3)30-35-25)36(33,34)31-14-6-8-23(17-31)27(32)29-16-22-7-4-5-9-24(22)28/h4-5,7,9-13,15,23H,6,8,14,16-17H2,1-3H3,(H,29,32)/b13-12+/t23-/m0/s1. The summed E-state index contributed by atoms with van der Waals surface area (Å²) in [6.45, 7) is 6.34. The van der Waals surface area contributed by atoms with Gasteiger partial charge in [-0.3, -0.25) is 4.79 Å². The third-order valence-electron chi connectivity index (χ3n) is 6.45. The smallest absolute Gasteiger partial charge is 0.248 e. The number of rotatable bonds is 7. The van der Waals surface area contributed by atoms with Gasteiger partial charge in [-0.1, -0.05) is 64.8 Å². The fourth-order valence-corrected chi connectivity index (χ4v) is 6.35. The Morgan fingerprint density at radius 3 is 2.75 bits per heavy atom. The molecule has 1 N–H and O–H groups in total. The third kappa shape index (κ3) is 5.72. The van der Waals surface area contributed by atoms with Crippen LogP contribution < -0.4 is 5.32 Å². The summed E-state index contributed by atoms with van der Waals surface area (Å²) in [5.41, 5.74) is 4.25. The lowest BCUT2D eigenvalue weighted by molar-refractivity contribution is -0.126. The second kappa shape index (κ2) is 11.0. The monoisotopic (exact) mass is 527 g/mol. The number of hydrogen-bond donors (Lipinski definition) is 1. The van der Waals surface area contributed by atoms with Gasteiger partial charge in [0.2, 0.25) is 15.9 Å². The average molecular weight is 528 g/mol. The van der Waals surface area contributed by atoms with Crippen molar-refractivity contribution in [3.63, 3.8) is 0 Å². The molecule has 3 aromatic rings. The van der Waals surface area contributed by atoms with Gasteiger partial charge in [0.05, 0.1) is 5.92 Å². The molecule has 4 rings (SSSR count). The van der Waals surface area contributed by atoms with Gasteiger partial charge in [0.25, 0.3) is 0 Å². The lowest BCUT2D eigenvalue weighted by atomic mass is 9.99. The molecule has 1 aliphatic heterocycles. The van der Waals surface area contributed by atoms with Crippen LogP contribution in [-0.2, 0) is 21.4 Å². The van der Waals surface area contributed by atoms with E-state index >= 15 is 0 Å². The molecule has 2 aromatic carbocycles. The zero-order valence-corrected chi connectivity index (χ0v) is 22.2. The average Bonchev–Trinajstić information content (AvgIpc) is 3.25. The Morgan fingerprint density at radius 1 is 1.19 bits per heavy atom. The van der Waals surface area contributed by atoms with E-state index in [4.69, 9.17) is 16.1 Å². The van der Waals surface area contributed by atoms with Crippen molar-refractivity contribution in [2.75, 3.05) is 13.1 Å². The molecule has 1 amide bonds. The van der Waals surface area contributed by atoms with Gasteiger partial charge in [0, 0.05) is 24.7 Å². The second-order valence-corrected chi connectivity index (χ2v) is 11.4. The van der Waals surface area contributed by atoms with E-state index in [0.717, 1.165) is 22.3 Å². The maximum absolute atomic E-state index is 13.7. The van der Waals surface area contributed by atoms with Crippen LogP contribution >= 0.6 is 11.6 Å². The Labute approximate surface area is 217 Å². The summed E-state index contributed by atoms with van der Waals surface area (Å²) in [5, 5.41) is 7.41. The maximum Gasteiger partial charge on any atom is 0.248 e. The van der Waals surface area contributed by atoms with Crippen LogP contribution in [0.25, 0.3) is 12.2 Å². The number of piperidine rings is 1. The van der Waals surface area contributed by atoms with E-state index in [9.17, 15) is 13.2 Å². The zero-order chi connectivity index (χ0) is 25.9. The van der Waals surface area contributed by atoms with Gasteiger partial charge in [0.1, 0.15) is 5.69 Å². The topological polar surface area (TPSA) is 92.5 Å². The van der Waals surface area contributed by atoms with Crippen LogP contribution in [0.15, 0.2) is 51.9 Å². The molecule has 7 nitrogen and oxygen atoms in total. The van der Waals surface area contributed by atoms with Crippen LogP contribution in [0.4, 0.5) is 0 Å². The molecule has 36 heavy (non-hydrogen) atoms. The molecule has 0 unspecified atom stereocenters. The summed E-state index contributed by atoms with van der Waals surface area (Å²) >= 11 is 6.19. The quantitative estimate of drug-likeness (QED) is 0.459. The number of benzene rings is 2. The summed E-state index contributed by atoms with van der Waals surface area (Å²) in [4.78, 5) is 12.9. The van der Waals surface area contributed by atoms with Crippen molar-refractivity contribution in [1.82, 2.24) is 14.8 Å². The second-order valence-electron chi connectivity index (χ2n) is 9.17. The summed E-state index contributed by atoms with van der Waals surface area (Å²) in [6.07, 6.45) is 4.68. The molecule has 0 bridgehead atoms. The van der Waals surface area contributed by atoms with Gasteiger partial charge in [-0.25, -0.2) is 8.42 Å². The number of aryl methyl sites for hydroxylation is 3. The molecule has 1 aromatic heterocycles. The molecule has 1 fully saturated rings. The minimum Gasteiger partial charge on any atom is -0.355 e. The van der Waals surface area contributed by atoms with E-state index in [-0.39, 0.29) is 23.1 Å². The number of carbonyl (C=O) groups excluding carboxylic acids is 1.